The van der Waals surface area contributed by atoms with E-state index in [1.165, 1.54) is 12.0 Å². The van der Waals surface area contributed by atoms with Crippen molar-refractivity contribution in [2.75, 3.05) is 0 Å². The molecule has 1 aliphatic heterocycles. The monoisotopic (exact) mass is 288 g/mol. The Labute approximate surface area is 128 Å². The molecular formula is C19H28O2. The summed E-state index contributed by atoms with van der Waals surface area (Å²) in [7, 11) is 0. The molecule has 3 unspecified atom stereocenters. The molecular weight excluding hydrogens is 260 g/mol. The van der Waals surface area contributed by atoms with Crippen LogP contribution in [0.1, 0.15) is 64.2 Å². The standard InChI is InChI=1S/C19H28O2/c1-12-8-13(2)10-15(9-12)17(20)16-7-5-6-14-11-19(3,4)21-18(14)16/h5-7,12-13,15,17,20H,8-11H2,1-4H3. The van der Waals surface area contributed by atoms with E-state index in [1.807, 2.05) is 0 Å². The number of benzene rings is 1. The molecule has 3 rings (SSSR count). The van der Waals surface area contributed by atoms with Crippen molar-refractivity contribution >= 4 is 0 Å². The van der Waals surface area contributed by atoms with Crippen LogP contribution < -0.4 is 4.74 Å². The third-order valence-electron chi connectivity index (χ3n) is 5.10. The summed E-state index contributed by atoms with van der Waals surface area (Å²) in [4.78, 5) is 0. The highest BCUT2D eigenvalue weighted by atomic mass is 16.5. The van der Waals surface area contributed by atoms with Gasteiger partial charge in [0.25, 0.3) is 0 Å². The summed E-state index contributed by atoms with van der Waals surface area (Å²) in [6, 6.07) is 6.25. The lowest BCUT2D eigenvalue weighted by Gasteiger charge is -2.35. The van der Waals surface area contributed by atoms with Gasteiger partial charge in [0.15, 0.2) is 0 Å². The first-order chi connectivity index (χ1) is 9.85. The van der Waals surface area contributed by atoms with Gasteiger partial charge in [0.2, 0.25) is 0 Å². The van der Waals surface area contributed by atoms with E-state index in [1.54, 1.807) is 0 Å². The molecule has 0 saturated heterocycles. The Hall–Kier alpha value is -1.02. The van der Waals surface area contributed by atoms with Gasteiger partial charge in [-0.05, 0) is 56.4 Å². The van der Waals surface area contributed by atoms with Crippen molar-refractivity contribution in [2.24, 2.45) is 17.8 Å². The van der Waals surface area contributed by atoms with E-state index in [0.717, 1.165) is 30.6 Å². The second-order valence-electron chi connectivity index (χ2n) is 8.00. The average Bonchev–Trinajstić information content (AvgIpc) is 2.70. The lowest BCUT2D eigenvalue weighted by molar-refractivity contribution is 0.0502. The molecule has 0 spiro atoms. The number of hydrogen-bond acceptors (Lipinski definition) is 2. The largest absolute Gasteiger partial charge is 0.487 e. The first-order valence-electron chi connectivity index (χ1n) is 8.34. The lowest BCUT2D eigenvalue weighted by Crippen LogP contribution is -2.26. The maximum absolute atomic E-state index is 10.9. The van der Waals surface area contributed by atoms with Gasteiger partial charge < -0.3 is 9.84 Å². The van der Waals surface area contributed by atoms with Gasteiger partial charge in [-0.15, -0.1) is 0 Å². The molecule has 116 valence electrons. The van der Waals surface area contributed by atoms with Crippen molar-refractivity contribution in [3.05, 3.63) is 29.3 Å². The molecule has 1 heterocycles. The SMILES string of the molecule is CC1CC(C)CC(C(O)c2cccc3c2OC(C)(C)C3)C1. The molecule has 0 amide bonds. The van der Waals surface area contributed by atoms with Crippen molar-refractivity contribution in [3.8, 4) is 5.75 Å². The average molecular weight is 288 g/mol. The maximum atomic E-state index is 10.9. The molecule has 0 bridgehead atoms. The molecule has 1 fully saturated rings. The van der Waals surface area contributed by atoms with E-state index in [9.17, 15) is 5.11 Å². The zero-order valence-electron chi connectivity index (χ0n) is 13.7. The molecule has 2 nitrogen and oxygen atoms in total. The summed E-state index contributed by atoms with van der Waals surface area (Å²) < 4.78 is 6.13. The van der Waals surface area contributed by atoms with Gasteiger partial charge in [0.1, 0.15) is 11.4 Å². The molecule has 0 aromatic heterocycles. The van der Waals surface area contributed by atoms with Gasteiger partial charge in [-0.2, -0.15) is 0 Å². The van der Waals surface area contributed by atoms with Gasteiger partial charge >= 0.3 is 0 Å². The van der Waals surface area contributed by atoms with Crippen LogP contribution in [0.2, 0.25) is 0 Å². The fourth-order valence-corrected chi connectivity index (χ4v) is 4.39. The summed E-state index contributed by atoms with van der Waals surface area (Å²) in [5.74, 6) is 2.73. The predicted molar refractivity (Wildman–Crippen MR) is 85.5 cm³/mol. The van der Waals surface area contributed by atoms with Crippen LogP contribution in [-0.2, 0) is 6.42 Å². The fraction of sp³-hybridized carbons (Fsp3) is 0.684. The topological polar surface area (TPSA) is 29.5 Å². The van der Waals surface area contributed by atoms with E-state index in [4.69, 9.17) is 4.74 Å². The highest BCUT2D eigenvalue weighted by Crippen LogP contribution is 2.45. The Balaban J connectivity index is 1.86. The Morgan fingerprint density at radius 3 is 2.48 bits per heavy atom. The molecule has 1 aromatic carbocycles. The van der Waals surface area contributed by atoms with E-state index in [-0.39, 0.29) is 11.7 Å². The van der Waals surface area contributed by atoms with Crippen LogP contribution in [0.3, 0.4) is 0 Å². The maximum Gasteiger partial charge on any atom is 0.129 e. The summed E-state index contributed by atoms with van der Waals surface area (Å²) in [6.07, 6.45) is 4.08. The van der Waals surface area contributed by atoms with Crippen LogP contribution >= 0.6 is 0 Å². The minimum Gasteiger partial charge on any atom is -0.487 e. The third kappa shape index (κ3) is 2.96. The number of rotatable bonds is 2. The molecule has 2 heteroatoms. The number of aliphatic hydroxyl groups is 1. The van der Waals surface area contributed by atoms with Crippen molar-refractivity contribution < 1.29 is 9.84 Å². The van der Waals surface area contributed by atoms with Gasteiger partial charge in [0, 0.05) is 12.0 Å². The quantitative estimate of drug-likeness (QED) is 0.868. The lowest BCUT2D eigenvalue weighted by atomic mass is 9.73. The molecule has 2 aliphatic rings. The van der Waals surface area contributed by atoms with Crippen molar-refractivity contribution in [2.45, 2.75) is 65.1 Å². The zero-order chi connectivity index (χ0) is 15.2. The minimum atomic E-state index is -0.390. The Bertz CT molecular complexity index is 510. The van der Waals surface area contributed by atoms with Crippen molar-refractivity contribution in [3.63, 3.8) is 0 Å². The van der Waals surface area contributed by atoms with Crippen LogP contribution in [0.15, 0.2) is 18.2 Å². The molecule has 1 aromatic rings. The smallest absolute Gasteiger partial charge is 0.129 e. The summed E-state index contributed by atoms with van der Waals surface area (Å²) in [6.45, 7) is 8.86. The molecule has 1 saturated carbocycles. The van der Waals surface area contributed by atoms with E-state index < -0.39 is 0 Å². The number of fused-ring (bicyclic) bond motifs is 1. The molecule has 21 heavy (non-hydrogen) atoms. The second kappa shape index (κ2) is 5.31. The van der Waals surface area contributed by atoms with Gasteiger partial charge in [-0.1, -0.05) is 32.0 Å². The van der Waals surface area contributed by atoms with Crippen LogP contribution in [-0.4, -0.2) is 10.7 Å². The molecule has 1 aliphatic carbocycles. The Morgan fingerprint density at radius 2 is 1.81 bits per heavy atom. The number of ether oxygens (including phenoxy) is 1. The molecule has 1 N–H and O–H groups in total. The molecule has 3 atom stereocenters. The number of hydrogen-bond donors (Lipinski definition) is 1. The predicted octanol–water partition coefficient (Wildman–Crippen LogP) is 4.51. The van der Waals surface area contributed by atoms with Crippen molar-refractivity contribution in [1.82, 2.24) is 0 Å². The van der Waals surface area contributed by atoms with E-state index >= 15 is 0 Å². The highest BCUT2D eigenvalue weighted by molar-refractivity contribution is 5.47. The van der Waals surface area contributed by atoms with Crippen LogP contribution in [0, 0.1) is 17.8 Å². The van der Waals surface area contributed by atoms with Gasteiger partial charge in [-0.3, -0.25) is 0 Å². The van der Waals surface area contributed by atoms with E-state index in [2.05, 4.69) is 45.9 Å². The van der Waals surface area contributed by atoms with Crippen LogP contribution in [0.25, 0.3) is 0 Å². The van der Waals surface area contributed by atoms with Gasteiger partial charge in [0.05, 0.1) is 6.10 Å². The highest BCUT2D eigenvalue weighted by Gasteiger charge is 2.36. The third-order valence-corrected chi connectivity index (χ3v) is 5.10. The fourth-order valence-electron chi connectivity index (χ4n) is 4.39. The minimum absolute atomic E-state index is 0.148. The first-order valence-corrected chi connectivity index (χ1v) is 8.34. The summed E-state index contributed by atoms with van der Waals surface area (Å²) >= 11 is 0. The summed E-state index contributed by atoms with van der Waals surface area (Å²) in [5, 5.41) is 10.9. The van der Waals surface area contributed by atoms with E-state index in [0.29, 0.717) is 17.8 Å². The normalized spacial score (nSPS) is 32.3. The Kier molecular flexibility index (Phi) is 3.77. The second-order valence-corrected chi connectivity index (χ2v) is 8.00. The zero-order valence-corrected chi connectivity index (χ0v) is 13.7. The number of para-hydroxylation sites is 1. The molecule has 0 radical (unpaired) electrons. The van der Waals surface area contributed by atoms with Crippen molar-refractivity contribution in [1.29, 1.82) is 0 Å². The first kappa shape index (κ1) is 14.9. The van der Waals surface area contributed by atoms with Gasteiger partial charge in [-0.25, -0.2) is 0 Å². The summed E-state index contributed by atoms with van der Waals surface area (Å²) in [5.41, 5.74) is 2.10. The van der Waals surface area contributed by atoms with Crippen LogP contribution in [0.4, 0.5) is 0 Å². The Morgan fingerprint density at radius 1 is 1.14 bits per heavy atom. The van der Waals surface area contributed by atoms with Crippen LogP contribution in [0.5, 0.6) is 5.75 Å². The number of aliphatic hydroxyl groups excluding tert-OH is 1.